The van der Waals surface area contributed by atoms with E-state index in [1.807, 2.05) is 6.07 Å². The zero-order valence-electron chi connectivity index (χ0n) is 12.4. The van der Waals surface area contributed by atoms with Crippen LogP contribution in [-0.2, 0) is 10.5 Å². The SMILES string of the molecule is C[C@@H](Oc1nc(F)c(Cl)c(N)c1Cl)C(=O)SCc1cccc(Cl)c1. The zero-order valence-corrected chi connectivity index (χ0v) is 15.4. The first-order chi connectivity index (χ1) is 11.3. The summed E-state index contributed by atoms with van der Waals surface area (Å²) < 4.78 is 18.8. The zero-order chi connectivity index (χ0) is 17.9. The molecule has 1 heterocycles. The highest BCUT2D eigenvalue weighted by Gasteiger charge is 2.21. The standard InChI is InChI=1S/C15H12Cl3FN2O2S/c1-7(15(22)24-6-8-3-2-4-9(16)5-8)23-14-11(18)12(20)10(17)13(19)21-14/h2-5,7H,6H2,1H3,(H2,20,21)/t7-/m1/s1. The highest BCUT2D eigenvalue weighted by molar-refractivity contribution is 8.13. The molecule has 0 radical (unpaired) electrons. The summed E-state index contributed by atoms with van der Waals surface area (Å²) in [6, 6.07) is 7.16. The van der Waals surface area contributed by atoms with Gasteiger partial charge in [0, 0.05) is 10.8 Å². The third-order valence-corrected chi connectivity index (χ3v) is 4.99. The van der Waals surface area contributed by atoms with E-state index in [4.69, 9.17) is 45.3 Å². The average molecular weight is 410 g/mol. The van der Waals surface area contributed by atoms with Gasteiger partial charge in [0.25, 0.3) is 0 Å². The molecule has 2 rings (SSSR count). The van der Waals surface area contributed by atoms with Gasteiger partial charge in [-0.15, -0.1) is 0 Å². The molecule has 0 spiro atoms. The molecule has 0 aliphatic heterocycles. The molecular weight excluding hydrogens is 398 g/mol. The van der Waals surface area contributed by atoms with Gasteiger partial charge < -0.3 is 10.5 Å². The number of ether oxygens (including phenoxy) is 1. The van der Waals surface area contributed by atoms with Crippen LogP contribution >= 0.6 is 46.6 Å². The maximum Gasteiger partial charge on any atom is 0.238 e. The van der Waals surface area contributed by atoms with E-state index >= 15 is 0 Å². The summed E-state index contributed by atoms with van der Waals surface area (Å²) in [6.45, 7) is 1.51. The molecule has 2 aromatic rings. The number of benzene rings is 1. The van der Waals surface area contributed by atoms with Gasteiger partial charge in [-0.1, -0.05) is 58.7 Å². The van der Waals surface area contributed by atoms with Crippen LogP contribution in [0.15, 0.2) is 24.3 Å². The van der Waals surface area contributed by atoms with Crippen molar-refractivity contribution in [3.63, 3.8) is 0 Å². The van der Waals surface area contributed by atoms with E-state index in [9.17, 15) is 9.18 Å². The third kappa shape index (κ3) is 4.66. The first-order valence-electron chi connectivity index (χ1n) is 6.67. The van der Waals surface area contributed by atoms with Gasteiger partial charge in [-0.05, 0) is 24.6 Å². The third-order valence-electron chi connectivity index (χ3n) is 2.93. The average Bonchev–Trinajstić information content (AvgIpc) is 2.55. The minimum Gasteiger partial charge on any atom is -0.464 e. The predicted octanol–water partition coefficient (Wildman–Crippen LogP) is 4.99. The summed E-state index contributed by atoms with van der Waals surface area (Å²) in [5.74, 6) is -0.870. The van der Waals surface area contributed by atoms with Gasteiger partial charge in [0.1, 0.15) is 10.0 Å². The number of pyridine rings is 1. The number of aromatic nitrogens is 1. The molecule has 9 heteroatoms. The van der Waals surface area contributed by atoms with Crippen LogP contribution in [0.4, 0.5) is 10.1 Å². The Morgan fingerprint density at radius 2 is 2.08 bits per heavy atom. The van der Waals surface area contributed by atoms with Gasteiger partial charge in [0.2, 0.25) is 16.9 Å². The van der Waals surface area contributed by atoms with Crippen molar-refractivity contribution >= 4 is 57.4 Å². The van der Waals surface area contributed by atoms with Crippen molar-refractivity contribution in [1.29, 1.82) is 0 Å². The molecule has 0 saturated heterocycles. The quantitative estimate of drug-likeness (QED) is 0.705. The normalized spacial score (nSPS) is 12.0. The molecule has 4 nitrogen and oxygen atoms in total. The Kier molecular flexibility index (Phi) is 6.57. The van der Waals surface area contributed by atoms with Crippen LogP contribution in [0, 0.1) is 5.95 Å². The first kappa shape index (κ1) is 19.1. The number of anilines is 1. The number of nitrogens with two attached hydrogens (primary N) is 1. The molecular formula is C15H12Cl3FN2O2S. The molecule has 1 aromatic heterocycles. The van der Waals surface area contributed by atoms with Gasteiger partial charge in [-0.25, -0.2) is 0 Å². The molecule has 0 bridgehead atoms. The lowest BCUT2D eigenvalue weighted by molar-refractivity contribution is -0.116. The highest BCUT2D eigenvalue weighted by Crippen LogP contribution is 2.36. The van der Waals surface area contributed by atoms with Gasteiger partial charge in [-0.3, -0.25) is 4.79 Å². The summed E-state index contributed by atoms with van der Waals surface area (Å²) >= 11 is 18.4. The van der Waals surface area contributed by atoms with Crippen molar-refractivity contribution in [1.82, 2.24) is 4.98 Å². The molecule has 0 saturated carbocycles. The second-order valence-electron chi connectivity index (χ2n) is 4.75. The lowest BCUT2D eigenvalue weighted by Crippen LogP contribution is -2.22. The summed E-state index contributed by atoms with van der Waals surface area (Å²) in [6.07, 6.45) is -0.904. The second-order valence-corrected chi connectivity index (χ2v) is 6.92. The van der Waals surface area contributed by atoms with E-state index in [0.717, 1.165) is 17.3 Å². The minimum absolute atomic E-state index is 0.138. The minimum atomic E-state index is -1.01. The molecule has 1 atom stereocenters. The Balaban J connectivity index is 2.02. The monoisotopic (exact) mass is 408 g/mol. The van der Waals surface area contributed by atoms with E-state index in [1.165, 1.54) is 6.92 Å². The number of hydrogen-bond acceptors (Lipinski definition) is 5. The number of carbonyl (C=O) groups is 1. The van der Waals surface area contributed by atoms with Gasteiger partial charge >= 0.3 is 0 Å². The van der Waals surface area contributed by atoms with Crippen LogP contribution in [0.25, 0.3) is 0 Å². The highest BCUT2D eigenvalue weighted by atomic mass is 35.5. The number of hydrogen-bond donors (Lipinski definition) is 1. The number of rotatable bonds is 5. The van der Waals surface area contributed by atoms with E-state index in [2.05, 4.69) is 4.98 Å². The molecule has 24 heavy (non-hydrogen) atoms. The van der Waals surface area contributed by atoms with Crippen LogP contribution in [0.5, 0.6) is 5.88 Å². The van der Waals surface area contributed by atoms with Crippen molar-refractivity contribution in [3.05, 3.63) is 50.8 Å². The smallest absolute Gasteiger partial charge is 0.238 e. The molecule has 0 unspecified atom stereocenters. The molecule has 0 aliphatic rings. The van der Waals surface area contributed by atoms with E-state index < -0.39 is 12.1 Å². The van der Waals surface area contributed by atoms with Crippen molar-refractivity contribution in [2.75, 3.05) is 5.73 Å². The van der Waals surface area contributed by atoms with E-state index in [0.29, 0.717) is 10.8 Å². The van der Waals surface area contributed by atoms with Gasteiger partial charge in [-0.2, -0.15) is 9.37 Å². The number of nitrogen functional groups attached to an aromatic ring is 1. The Hall–Kier alpha value is -1.21. The van der Waals surface area contributed by atoms with Crippen LogP contribution in [-0.4, -0.2) is 16.2 Å². The van der Waals surface area contributed by atoms with Crippen LogP contribution in [0.3, 0.4) is 0 Å². The van der Waals surface area contributed by atoms with Crippen molar-refractivity contribution in [2.24, 2.45) is 0 Å². The van der Waals surface area contributed by atoms with Gasteiger partial charge in [0.15, 0.2) is 6.10 Å². The first-order valence-corrected chi connectivity index (χ1v) is 8.79. The summed E-state index contributed by atoms with van der Waals surface area (Å²) in [5.41, 5.74) is 6.26. The predicted molar refractivity (Wildman–Crippen MR) is 96.5 cm³/mol. The Bertz CT molecular complexity index is 777. The lowest BCUT2D eigenvalue weighted by Gasteiger charge is -2.15. The molecule has 0 fully saturated rings. The van der Waals surface area contributed by atoms with E-state index in [-0.39, 0.29) is 26.7 Å². The summed E-state index contributed by atoms with van der Waals surface area (Å²) in [4.78, 5) is 15.6. The fourth-order valence-corrected chi connectivity index (χ4v) is 3.05. The maximum absolute atomic E-state index is 13.5. The Morgan fingerprint density at radius 1 is 1.38 bits per heavy atom. The number of nitrogens with zero attached hydrogens (tertiary/aromatic N) is 1. The number of halogens is 4. The summed E-state index contributed by atoms with van der Waals surface area (Å²) in [7, 11) is 0. The molecule has 128 valence electrons. The Morgan fingerprint density at radius 3 is 2.75 bits per heavy atom. The topological polar surface area (TPSA) is 65.2 Å². The van der Waals surface area contributed by atoms with Crippen molar-refractivity contribution < 1.29 is 13.9 Å². The molecule has 0 amide bonds. The summed E-state index contributed by atoms with van der Waals surface area (Å²) in [5, 5.41) is -0.211. The van der Waals surface area contributed by atoms with Crippen LogP contribution < -0.4 is 10.5 Å². The van der Waals surface area contributed by atoms with Gasteiger partial charge in [0.05, 0.1) is 5.69 Å². The van der Waals surface area contributed by atoms with E-state index in [1.54, 1.807) is 18.2 Å². The maximum atomic E-state index is 13.5. The lowest BCUT2D eigenvalue weighted by atomic mass is 10.2. The fourth-order valence-electron chi connectivity index (χ4n) is 1.70. The molecule has 2 N–H and O–H groups in total. The number of carbonyl (C=O) groups excluding carboxylic acids is 1. The number of thioether (sulfide) groups is 1. The van der Waals surface area contributed by atoms with Crippen molar-refractivity contribution in [3.8, 4) is 5.88 Å². The largest absolute Gasteiger partial charge is 0.464 e. The van der Waals surface area contributed by atoms with Crippen LogP contribution in [0.2, 0.25) is 15.1 Å². The second kappa shape index (κ2) is 8.25. The fraction of sp³-hybridized carbons (Fsp3) is 0.200. The molecule has 0 aliphatic carbocycles. The van der Waals surface area contributed by atoms with Crippen molar-refractivity contribution in [2.45, 2.75) is 18.8 Å². The Labute approximate surface area is 157 Å². The molecule has 1 aromatic carbocycles. The van der Waals surface area contributed by atoms with Crippen LogP contribution in [0.1, 0.15) is 12.5 Å².